The topological polar surface area (TPSA) is 49.8 Å². The second-order valence-electron chi connectivity index (χ2n) is 2.69. The molecule has 0 spiro atoms. The van der Waals surface area contributed by atoms with Crippen molar-refractivity contribution in [2.75, 3.05) is 0 Å². The maximum absolute atomic E-state index is 8.42. The molecule has 0 aliphatic rings. The van der Waals surface area contributed by atoms with Crippen molar-refractivity contribution < 1.29 is 0 Å². The van der Waals surface area contributed by atoms with E-state index in [0.717, 1.165) is 11.1 Å². The minimum Gasteiger partial charge on any atom is -0.398 e. The highest BCUT2D eigenvalue weighted by molar-refractivity contribution is 6.30. The molecule has 0 saturated carbocycles. The largest absolute Gasteiger partial charge is 0.398 e. The monoisotopic (exact) mass is 192 g/mol. The van der Waals surface area contributed by atoms with Gasteiger partial charge in [0.05, 0.1) is 6.07 Å². The first-order valence-corrected chi connectivity index (χ1v) is 4.14. The van der Waals surface area contributed by atoms with Gasteiger partial charge in [-0.2, -0.15) is 5.26 Å². The molecule has 0 atom stereocenters. The van der Waals surface area contributed by atoms with Crippen LogP contribution in [0.5, 0.6) is 0 Å². The lowest BCUT2D eigenvalue weighted by molar-refractivity contribution is 1.39. The fourth-order valence-corrected chi connectivity index (χ4v) is 1.22. The Kier molecular flexibility index (Phi) is 2.94. The molecule has 0 amide bonds. The number of aryl methyl sites for hydroxylation is 1. The Labute approximate surface area is 82.2 Å². The van der Waals surface area contributed by atoms with Gasteiger partial charge in [0.2, 0.25) is 0 Å². The van der Waals surface area contributed by atoms with Gasteiger partial charge in [-0.1, -0.05) is 17.7 Å². The van der Waals surface area contributed by atoms with Crippen molar-refractivity contribution in [1.29, 1.82) is 5.26 Å². The van der Waals surface area contributed by atoms with Crippen LogP contribution in [0.25, 0.3) is 5.70 Å². The molecule has 0 fully saturated rings. The van der Waals surface area contributed by atoms with Crippen molar-refractivity contribution >= 4 is 17.3 Å². The van der Waals surface area contributed by atoms with Crippen LogP contribution in [0.1, 0.15) is 11.1 Å². The Balaban J connectivity index is 3.22. The number of nitrogens with two attached hydrogens (primary N) is 1. The van der Waals surface area contributed by atoms with Crippen molar-refractivity contribution in [2.45, 2.75) is 6.92 Å². The van der Waals surface area contributed by atoms with Gasteiger partial charge in [0.15, 0.2) is 0 Å². The molecule has 2 N–H and O–H groups in total. The predicted octanol–water partition coefficient (Wildman–Crippen LogP) is 2.47. The summed E-state index contributed by atoms with van der Waals surface area (Å²) in [6.07, 6.45) is 1.30. The number of nitriles is 1. The first-order chi connectivity index (χ1) is 6.15. The van der Waals surface area contributed by atoms with E-state index in [1.54, 1.807) is 12.1 Å². The Morgan fingerprint density at radius 1 is 1.62 bits per heavy atom. The van der Waals surface area contributed by atoms with Crippen LogP contribution in [0.15, 0.2) is 24.3 Å². The van der Waals surface area contributed by atoms with E-state index in [1.165, 1.54) is 6.08 Å². The minimum absolute atomic E-state index is 0.447. The van der Waals surface area contributed by atoms with Crippen molar-refractivity contribution in [3.05, 3.63) is 40.4 Å². The Bertz CT molecular complexity index is 388. The van der Waals surface area contributed by atoms with Gasteiger partial charge in [0.1, 0.15) is 0 Å². The molecule has 0 saturated heterocycles. The number of rotatable bonds is 1. The van der Waals surface area contributed by atoms with Gasteiger partial charge >= 0.3 is 0 Å². The number of allylic oxidation sites excluding steroid dienone is 1. The highest BCUT2D eigenvalue weighted by atomic mass is 35.5. The quantitative estimate of drug-likeness (QED) is 0.695. The fraction of sp³-hybridized carbons (Fsp3) is 0.100. The van der Waals surface area contributed by atoms with E-state index in [0.29, 0.717) is 10.7 Å². The van der Waals surface area contributed by atoms with Gasteiger partial charge in [-0.15, -0.1) is 0 Å². The summed E-state index contributed by atoms with van der Waals surface area (Å²) in [5.74, 6) is 0. The number of benzene rings is 1. The molecule has 0 radical (unpaired) electrons. The fourth-order valence-electron chi connectivity index (χ4n) is 1.05. The van der Waals surface area contributed by atoms with E-state index in [-0.39, 0.29) is 0 Å². The van der Waals surface area contributed by atoms with Gasteiger partial charge in [0, 0.05) is 22.4 Å². The number of hydrogen-bond donors (Lipinski definition) is 1. The molecule has 0 heterocycles. The third-order valence-electron chi connectivity index (χ3n) is 1.73. The first kappa shape index (κ1) is 9.63. The Morgan fingerprint density at radius 2 is 2.31 bits per heavy atom. The maximum atomic E-state index is 8.42. The second-order valence-corrected chi connectivity index (χ2v) is 3.12. The van der Waals surface area contributed by atoms with Gasteiger partial charge in [-0.25, -0.2) is 0 Å². The zero-order chi connectivity index (χ0) is 9.84. The molecule has 1 aromatic rings. The summed E-state index contributed by atoms with van der Waals surface area (Å²) >= 11 is 5.80. The zero-order valence-electron chi connectivity index (χ0n) is 7.21. The summed E-state index contributed by atoms with van der Waals surface area (Å²) in [4.78, 5) is 0. The molecule has 66 valence electrons. The molecule has 0 bridgehead atoms. The number of halogens is 1. The molecule has 3 heteroatoms. The molecule has 0 aromatic heterocycles. The van der Waals surface area contributed by atoms with E-state index in [9.17, 15) is 0 Å². The van der Waals surface area contributed by atoms with E-state index in [1.807, 2.05) is 19.1 Å². The highest BCUT2D eigenvalue weighted by Gasteiger charge is 2.01. The van der Waals surface area contributed by atoms with E-state index in [4.69, 9.17) is 22.6 Å². The van der Waals surface area contributed by atoms with Crippen LogP contribution in [0, 0.1) is 18.3 Å². The molecular formula is C10H9ClN2. The summed E-state index contributed by atoms with van der Waals surface area (Å²) in [6.45, 7) is 1.92. The van der Waals surface area contributed by atoms with E-state index in [2.05, 4.69) is 0 Å². The summed E-state index contributed by atoms with van der Waals surface area (Å²) in [5.41, 5.74) is 7.92. The van der Waals surface area contributed by atoms with Crippen LogP contribution in [-0.2, 0) is 0 Å². The van der Waals surface area contributed by atoms with E-state index >= 15 is 0 Å². The predicted molar refractivity (Wildman–Crippen MR) is 54.0 cm³/mol. The van der Waals surface area contributed by atoms with E-state index < -0.39 is 0 Å². The summed E-state index contributed by atoms with van der Waals surface area (Å²) in [6, 6.07) is 7.30. The van der Waals surface area contributed by atoms with Gasteiger partial charge in [-0.3, -0.25) is 0 Å². The third-order valence-corrected chi connectivity index (χ3v) is 1.97. The van der Waals surface area contributed by atoms with Crippen LogP contribution in [-0.4, -0.2) is 0 Å². The lowest BCUT2D eigenvalue weighted by Gasteiger charge is -2.04. The smallest absolute Gasteiger partial charge is 0.0933 e. The molecule has 0 unspecified atom stereocenters. The van der Waals surface area contributed by atoms with Crippen molar-refractivity contribution in [3.8, 4) is 6.07 Å². The average Bonchev–Trinajstić information content (AvgIpc) is 2.09. The first-order valence-electron chi connectivity index (χ1n) is 3.77. The average molecular weight is 193 g/mol. The standard InChI is InChI=1S/C10H9ClN2/c1-7-2-3-8(11)6-9(7)10(13)4-5-12/h2-4,6H,13H2,1H3. The molecule has 0 aliphatic carbocycles. The van der Waals surface area contributed by atoms with Crippen molar-refractivity contribution in [1.82, 2.24) is 0 Å². The second kappa shape index (κ2) is 3.97. The molecule has 2 nitrogen and oxygen atoms in total. The molecule has 1 rings (SSSR count). The molecule has 1 aromatic carbocycles. The molecule has 0 aliphatic heterocycles. The van der Waals surface area contributed by atoms with Crippen molar-refractivity contribution in [3.63, 3.8) is 0 Å². The summed E-state index contributed by atoms with van der Waals surface area (Å²) in [5, 5.41) is 9.04. The van der Waals surface area contributed by atoms with Crippen LogP contribution >= 0.6 is 11.6 Å². The number of nitrogens with zero attached hydrogens (tertiary/aromatic N) is 1. The highest BCUT2D eigenvalue weighted by Crippen LogP contribution is 2.19. The van der Waals surface area contributed by atoms with Crippen LogP contribution in [0.4, 0.5) is 0 Å². The van der Waals surface area contributed by atoms with Crippen LogP contribution < -0.4 is 5.73 Å². The SMILES string of the molecule is Cc1ccc(Cl)cc1C(N)=CC#N. The molecular weight excluding hydrogens is 184 g/mol. The summed E-state index contributed by atoms with van der Waals surface area (Å²) in [7, 11) is 0. The van der Waals surface area contributed by atoms with Crippen molar-refractivity contribution in [2.24, 2.45) is 5.73 Å². The normalized spacial score (nSPS) is 11.0. The third kappa shape index (κ3) is 2.24. The lowest BCUT2D eigenvalue weighted by atomic mass is 10.1. The molecule has 13 heavy (non-hydrogen) atoms. The Hall–Kier alpha value is -1.46. The van der Waals surface area contributed by atoms with Crippen LogP contribution in [0.3, 0.4) is 0 Å². The zero-order valence-corrected chi connectivity index (χ0v) is 7.97. The minimum atomic E-state index is 0.447. The Morgan fingerprint density at radius 3 is 2.92 bits per heavy atom. The van der Waals surface area contributed by atoms with Crippen LogP contribution in [0.2, 0.25) is 5.02 Å². The lowest BCUT2D eigenvalue weighted by Crippen LogP contribution is -1.98. The van der Waals surface area contributed by atoms with Gasteiger partial charge < -0.3 is 5.73 Å². The maximum Gasteiger partial charge on any atom is 0.0933 e. The summed E-state index contributed by atoms with van der Waals surface area (Å²) < 4.78 is 0. The number of hydrogen-bond acceptors (Lipinski definition) is 2. The van der Waals surface area contributed by atoms with Gasteiger partial charge in [0.25, 0.3) is 0 Å². The van der Waals surface area contributed by atoms with Gasteiger partial charge in [-0.05, 0) is 24.6 Å².